The van der Waals surface area contributed by atoms with Crippen molar-refractivity contribution in [2.24, 2.45) is 0 Å². The van der Waals surface area contributed by atoms with Crippen LogP contribution < -0.4 is 5.32 Å². The predicted molar refractivity (Wildman–Crippen MR) is 69.6 cm³/mol. The average Bonchev–Trinajstić information content (AvgIpc) is 2.29. The monoisotopic (exact) mass is 224 g/mol. The van der Waals surface area contributed by atoms with Crippen LogP contribution in [0.25, 0.3) is 0 Å². The highest BCUT2D eigenvalue weighted by Gasteiger charge is 2.00. The highest BCUT2D eigenvalue weighted by molar-refractivity contribution is 8.05. The van der Waals surface area contributed by atoms with Gasteiger partial charge in [0.1, 0.15) is 0 Å². The fraction of sp³-hybridized carbons (Fsp3) is 0.692. The molecule has 2 heteroatoms. The molecule has 0 aromatic rings. The zero-order valence-electron chi connectivity index (χ0n) is 9.74. The van der Waals surface area contributed by atoms with E-state index in [1.54, 1.807) is 0 Å². The summed E-state index contributed by atoms with van der Waals surface area (Å²) < 4.78 is 0. The SMILES string of the molecule is CCCCCCCCCC1=C[N]C=CS1. The number of hydrogen-bond acceptors (Lipinski definition) is 1. The molecule has 0 amide bonds. The van der Waals surface area contributed by atoms with Crippen LogP contribution in [0.3, 0.4) is 0 Å². The summed E-state index contributed by atoms with van der Waals surface area (Å²) in [5, 5.41) is 6.20. The number of thioether (sulfide) groups is 1. The molecule has 1 heterocycles. The molecule has 0 spiro atoms. The molecule has 0 N–H and O–H groups in total. The van der Waals surface area contributed by atoms with Crippen LogP contribution >= 0.6 is 11.8 Å². The Balaban J connectivity index is 1.86. The van der Waals surface area contributed by atoms with Crippen molar-refractivity contribution in [2.45, 2.75) is 58.3 Å². The maximum atomic E-state index is 4.13. The minimum Gasteiger partial charge on any atom is -0.263 e. The van der Waals surface area contributed by atoms with Gasteiger partial charge >= 0.3 is 0 Å². The number of rotatable bonds is 8. The topological polar surface area (TPSA) is 14.1 Å². The van der Waals surface area contributed by atoms with Crippen molar-refractivity contribution in [1.29, 1.82) is 0 Å². The van der Waals surface area contributed by atoms with Gasteiger partial charge < -0.3 is 0 Å². The average molecular weight is 224 g/mol. The third-order valence-corrected chi connectivity index (χ3v) is 3.48. The Morgan fingerprint density at radius 2 is 1.80 bits per heavy atom. The molecular weight excluding hydrogens is 202 g/mol. The standard InChI is InChI=1S/C13H22NS/c1-2-3-4-5-6-7-8-9-13-12-14-10-11-15-13/h10-12H,2-9H2,1H3. The first-order valence-electron chi connectivity index (χ1n) is 6.14. The van der Waals surface area contributed by atoms with Crippen LogP contribution in [-0.2, 0) is 0 Å². The maximum absolute atomic E-state index is 4.13. The van der Waals surface area contributed by atoms with Crippen molar-refractivity contribution < 1.29 is 0 Å². The Hall–Kier alpha value is -0.370. The Kier molecular flexibility index (Phi) is 7.53. The molecule has 0 atom stereocenters. The second-order valence-electron chi connectivity index (χ2n) is 4.02. The molecule has 0 aromatic carbocycles. The summed E-state index contributed by atoms with van der Waals surface area (Å²) in [6.45, 7) is 2.27. The largest absolute Gasteiger partial charge is 0.263 e. The van der Waals surface area contributed by atoms with Crippen LogP contribution in [0.2, 0.25) is 0 Å². The van der Waals surface area contributed by atoms with E-state index < -0.39 is 0 Å². The minimum atomic E-state index is 1.21. The van der Waals surface area contributed by atoms with Crippen LogP contribution in [0.1, 0.15) is 58.3 Å². The first-order chi connectivity index (χ1) is 7.43. The minimum absolute atomic E-state index is 1.21. The van der Waals surface area contributed by atoms with Gasteiger partial charge in [-0.15, -0.1) is 0 Å². The first kappa shape index (κ1) is 12.7. The quantitative estimate of drug-likeness (QED) is 0.541. The van der Waals surface area contributed by atoms with Crippen molar-refractivity contribution >= 4 is 11.8 Å². The molecular formula is C13H22NS. The van der Waals surface area contributed by atoms with Crippen LogP contribution in [-0.4, -0.2) is 0 Å². The van der Waals surface area contributed by atoms with E-state index in [4.69, 9.17) is 0 Å². The van der Waals surface area contributed by atoms with Crippen LogP contribution in [0.4, 0.5) is 0 Å². The molecule has 1 aliphatic heterocycles. The van der Waals surface area contributed by atoms with Gasteiger partial charge in [0.25, 0.3) is 0 Å². The summed E-state index contributed by atoms with van der Waals surface area (Å²) in [4.78, 5) is 1.42. The number of unbranched alkanes of at least 4 members (excludes halogenated alkanes) is 6. The van der Waals surface area contributed by atoms with Crippen LogP contribution in [0, 0.1) is 0 Å². The molecule has 0 bridgehead atoms. The second-order valence-corrected chi connectivity index (χ2v) is 5.05. The fourth-order valence-electron chi connectivity index (χ4n) is 1.69. The van der Waals surface area contributed by atoms with Gasteiger partial charge in [0.2, 0.25) is 0 Å². The highest BCUT2D eigenvalue weighted by Crippen LogP contribution is 2.25. The van der Waals surface area contributed by atoms with Crippen molar-refractivity contribution in [3.05, 3.63) is 22.7 Å². The molecule has 1 radical (unpaired) electrons. The lowest BCUT2D eigenvalue weighted by atomic mass is 10.1. The van der Waals surface area contributed by atoms with Gasteiger partial charge in [0, 0.05) is 17.3 Å². The predicted octanol–water partition coefficient (Wildman–Crippen LogP) is 4.79. The lowest BCUT2D eigenvalue weighted by molar-refractivity contribution is 0.591. The van der Waals surface area contributed by atoms with E-state index in [2.05, 4.69) is 17.6 Å². The first-order valence-corrected chi connectivity index (χ1v) is 7.02. The molecule has 15 heavy (non-hydrogen) atoms. The van der Waals surface area contributed by atoms with Gasteiger partial charge in [-0.2, -0.15) is 0 Å². The lowest BCUT2D eigenvalue weighted by Gasteiger charge is -2.06. The summed E-state index contributed by atoms with van der Waals surface area (Å²) in [5.74, 6) is 0. The van der Waals surface area contributed by atoms with E-state index in [9.17, 15) is 0 Å². The number of allylic oxidation sites excluding steroid dienone is 1. The van der Waals surface area contributed by atoms with Crippen molar-refractivity contribution in [3.63, 3.8) is 0 Å². The van der Waals surface area contributed by atoms with E-state index in [1.165, 1.54) is 56.3 Å². The Bertz CT molecular complexity index is 209. The second kappa shape index (κ2) is 8.90. The summed E-state index contributed by atoms with van der Waals surface area (Å²) in [6.07, 6.45) is 14.8. The molecule has 85 valence electrons. The highest BCUT2D eigenvalue weighted by atomic mass is 32.2. The number of hydrogen-bond donors (Lipinski definition) is 0. The molecule has 0 aromatic heterocycles. The van der Waals surface area contributed by atoms with Gasteiger partial charge in [-0.05, 0) is 18.2 Å². The van der Waals surface area contributed by atoms with E-state index in [-0.39, 0.29) is 0 Å². The molecule has 0 fully saturated rings. The zero-order valence-corrected chi connectivity index (χ0v) is 10.6. The Morgan fingerprint density at radius 3 is 2.47 bits per heavy atom. The van der Waals surface area contributed by atoms with E-state index in [0.717, 1.165) is 0 Å². The summed E-state index contributed by atoms with van der Waals surface area (Å²) in [6, 6.07) is 0. The normalized spacial score (nSPS) is 14.9. The molecule has 0 unspecified atom stereocenters. The Labute approximate surface area is 98.4 Å². The van der Waals surface area contributed by atoms with Gasteiger partial charge in [-0.1, -0.05) is 57.2 Å². The van der Waals surface area contributed by atoms with E-state index >= 15 is 0 Å². The van der Waals surface area contributed by atoms with Crippen molar-refractivity contribution in [1.82, 2.24) is 5.32 Å². The van der Waals surface area contributed by atoms with Gasteiger partial charge in [-0.25, -0.2) is 0 Å². The van der Waals surface area contributed by atoms with E-state index in [0.29, 0.717) is 0 Å². The Morgan fingerprint density at radius 1 is 1.07 bits per heavy atom. The molecule has 1 nitrogen and oxygen atoms in total. The van der Waals surface area contributed by atoms with E-state index in [1.807, 2.05) is 24.2 Å². The smallest absolute Gasteiger partial charge is 0.0366 e. The maximum Gasteiger partial charge on any atom is 0.0366 e. The lowest BCUT2D eigenvalue weighted by Crippen LogP contribution is -1.90. The molecule has 1 aliphatic rings. The molecule has 0 saturated heterocycles. The van der Waals surface area contributed by atoms with Gasteiger partial charge in [0.05, 0.1) is 0 Å². The van der Waals surface area contributed by atoms with Gasteiger partial charge in [-0.3, -0.25) is 5.32 Å². The zero-order chi connectivity index (χ0) is 10.8. The number of nitrogens with zero attached hydrogens (tertiary/aromatic N) is 1. The molecule has 0 saturated carbocycles. The third-order valence-electron chi connectivity index (χ3n) is 2.61. The van der Waals surface area contributed by atoms with Crippen LogP contribution in [0.15, 0.2) is 22.7 Å². The summed E-state index contributed by atoms with van der Waals surface area (Å²) >= 11 is 1.82. The molecule has 0 aliphatic carbocycles. The van der Waals surface area contributed by atoms with Crippen molar-refractivity contribution in [3.8, 4) is 0 Å². The van der Waals surface area contributed by atoms with Crippen LogP contribution in [0.5, 0.6) is 0 Å². The van der Waals surface area contributed by atoms with Gasteiger partial charge in [0.15, 0.2) is 0 Å². The summed E-state index contributed by atoms with van der Waals surface area (Å²) in [7, 11) is 0. The molecule has 1 rings (SSSR count). The van der Waals surface area contributed by atoms with Crippen molar-refractivity contribution in [2.75, 3.05) is 0 Å². The third kappa shape index (κ3) is 6.67. The fourth-order valence-corrected chi connectivity index (χ4v) is 2.38. The summed E-state index contributed by atoms with van der Waals surface area (Å²) in [5.41, 5.74) is 0.